The molecular formula is C13H17FN4OS. The van der Waals surface area contributed by atoms with E-state index in [0.717, 1.165) is 12.2 Å². The molecule has 2 rings (SSSR count). The molecule has 0 fully saturated rings. The maximum Gasteiger partial charge on any atom is 0.222 e. The Kier molecular flexibility index (Phi) is 4.97. The first-order valence-corrected chi connectivity index (χ1v) is 7.63. The van der Waals surface area contributed by atoms with Crippen LogP contribution in [-0.2, 0) is 0 Å². The number of aromatic nitrogens is 2. The first-order chi connectivity index (χ1) is 9.65. The summed E-state index contributed by atoms with van der Waals surface area (Å²) in [6.45, 7) is -0.0551. The van der Waals surface area contributed by atoms with E-state index in [1.807, 2.05) is 6.26 Å². The topological polar surface area (TPSA) is 84.1 Å². The lowest BCUT2D eigenvalue weighted by molar-refractivity contribution is 0.272. The quantitative estimate of drug-likeness (QED) is 0.755. The molecule has 0 bridgehead atoms. The largest absolute Gasteiger partial charge is 0.394 e. The number of thioether (sulfide) groups is 1. The normalized spacial score (nSPS) is 12.6. The summed E-state index contributed by atoms with van der Waals surface area (Å²) >= 11 is 1.68. The van der Waals surface area contributed by atoms with Gasteiger partial charge in [0.2, 0.25) is 5.95 Å². The van der Waals surface area contributed by atoms with Crippen LogP contribution in [0.25, 0.3) is 10.9 Å². The summed E-state index contributed by atoms with van der Waals surface area (Å²) in [5.74, 6) is 0.878. The molecule has 0 amide bonds. The molecule has 0 saturated carbocycles. The third-order valence-electron chi connectivity index (χ3n) is 2.92. The molecule has 1 atom stereocenters. The second kappa shape index (κ2) is 6.71. The van der Waals surface area contributed by atoms with Gasteiger partial charge in [-0.05, 0) is 30.6 Å². The predicted molar refractivity (Wildman–Crippen MR) is 81.4 cm³/mol. The Morgan fingerprint density at radius 1 is 1.45 bits per heavy atom. The molecule has 0 unspecified atom stereocenters. The summed E-state index contributed by atoms with van der Waals surface area (Å²) in [5, 5.41) is 12.7. The lowest BCUT2D eigenvalue weighted by atomic mass is 10.2. The highest BCUT2D eigenvalue weighted by molar-refractivity contribution is 7.98. The third kappa shape index (κ3) is 3.29. The number of aliphatic hydroxyl groups is 1. The molecule has 0 aliphatic heterocycles. The minimum atomic E-state index is -0.411. The van der Waals surface area contributed by atoms with Gasteiger partial charge >= 0.3 is 0 Å². The van der Waals surface area contributed by atoms with Gasteiger partial charge in [0.25, 0.3) is 0 Å². The molecule has 0 aliphatic rings. The second-order valence-electron chi connectivity index (χ2n) is 4.37. The number of halogens is 1. The van der Waals surface area contributed by atoms with Crippen molar-refractivity contribution in [3.8, 4) is 0 Å². The van der Waals surface area contributed by atoms with Crippen LogP contribution in [0.2, 0.25) is 0 Å². The highest BCUT2D eigenvalue weighted by Crippen LogP contribution is 2.25. The summed E-state index contributed by atoms with van der Waals surface area (Å²) in [7, 11) is 0. The Morgan fingerprint density at radius 2 is 2.25 bits per heavy atom. The fourth-order valence-corrected chi connectivity index (χ4v) is 2.45. The van der Waals surface area contributed by atoms with Crippen molar-refractivity contribution in [2.24, 2.45) is 0 Å². The highest BCUT2D eigenvalue weighted by Gasteiger charge is 2.14. The lowest BCUT2D eigenvalue weighted by Gasteiger charge is -2.18. The number of benzene rings is 1. The molecular weight excluding hydrogens is 279 g/mol. The van der Waals surface area contributed by atoms with Crippen LogP contribution in [0, 0.1) is 5.82 Å². The van der Waals surface area contributed by atoms with Crippen LogP contribution in [0.15, 0.2) is 18.2 Å². The number of aliphatic hydroxyl groups excluding tert-OH is 1. The number of nitrogens with two attached hydrogens (primary N) is 1. The molecule has 7 heteroatoms. The number of hydrogen-bond acceptors (Lipinski definition) is 6. The Hall–Kier alpha value is -1.60. The van der Waals surface area contributed by atoms with Crippen LogP contribution in [0.1, 0.15) is 6.42 Å². The Labute approximate surface area is 120 Å². The molecule has 1 heterocycles. The fraction of sp³-hybridized carbons (Fsp3) is 0.385. The molecule has 108 valence electrons. The van der Waals surface area contributed by atoms with E-state index in [-0.39, 0.29) is 18.6 Å². The van der Waals surface area contributed by atoms with Gasteiger partial charge in [-0.25, -0.2) is 9.37 Å². The molecule has 1 aromatic carbocycles. The summed E-state index contributed by atoms with van der Waals surface area (Å²) in [6, 6.07) is 4.41. The molecule has 0 aliphatic carbocycles. The third-order valence-corrected chi connectivity index (χ3v) is 3.57. The van der Waals surface area contributed by atoms with Gasteiger partial charge in [0.05, 0.1) is 23.6 Å². The molecule has 4 N–H and O–H groups in total. The molecule has 5 nitrogen and oxygen atoms in total. The van der Waals surface area contributed by atoms with Crippen molar-refractivity contribution in [2.75, 3.05) is 29.7 Å². The van der Waals surface area contributed by atoms with Crippen LogP contribution in [-0.4, -0.2) is 39.7 Å². The van der Waals surface area contributed by atoms with Gasteiger partial charge in [0, 0.05) is 0 Å². The van der Waals surface area contributed by atoms with Crippen molar-refractivity contribution in [1.29, 1.82) is 0 Å². The Bertz CT molecular complexity index is 596. The van der Waals surface area contributed by atoms with Gasteiger partial charge in [-0.1, -0.05) is 6.07 Å². The number of anilines is 2. The molecule has 0 spiro atoms. The number of nitrogens with zero attached hydrogens (tertiary/aromatic N) is 2. The van der Waals surface area contributed by atoms with Gasteiger partial charge < -0.3 is 16.2 Å². The van der Waals surface area contributed by atoms with Crippen LogP contribution >= 0.6 is 11.8 Å². The van der Waals surface area contributed by atoms with Crippen LogP contribution in [0.4, 0.5) is 16.2 Å². The summed E-state index contributed by atoms with van der Waals surface area (Å²) in [5.41, 5.74) is 6.09. The van der Waals surface area contributed by atoms with Crippen molar-refractivity contribution < 1.29 is 9.50 Å². The van der Waals surface area contributed by atoms with Gasteiger partial charge in [-0.15, -0.1) is 0 Å². The number of fused-ring (bicyclic) bond motifs is 1. The Morgan fingerprint density at radius 3 is 2.95 bits per heavy atom. The molecule has 0 saturated heterocycles. The molecule has 1 aromatic heterocycles. The molecule has 2 aromatic rings. The lowest BCUT2D eigenvalue weighted by Crippen LogP contribution is -2.25. The van der Waals surface area contributed by atoms with Crippen LogP contribution < -0.4 is 11.1 Å². The minimum absolute atomic E-state index is 0.0551. The van der Waals surface area contributed by atoms with Crippen LogP contribution in [0.3, 0.4) is 0 Å². The molecule has 0 radical (unpaired) electrons. The van der Waals surface area contributed by atoms with E-state index in [1.54, 1.807) is 23.9 Å². The predicted octanol–water partition coefficient (Wildman–Crippen LogP) is 1.88. The average Bonchev–Trinajstić information content (AvgIpc) is 2.42. The monoisotopic (exact) mass is 296 g/mol. The van der Waals surface area contributed by atoms with Crippen molar-refractivity contribution >= 4 is 34.4 Å². The highest BCUT2D eigenvalue weighted by atomic mass is 32.2. The fourth-order valence-electron chi connectivity index (χ4n) is 1.93. The smallest absolute Gasteiger partial charge is 0.222 e. The standard InChI is InChI=1S/C13H17FN4OS/c1-20-6-5-8(7-19)16-12-11-9(14)3-2-4-10(11)17-13(15)18-12/h2-4,8,19H,5-7H2,1H3,(H3,15,16,17,18)/t8-/m1/s1. The van der Waals surface area contributed by atoms with Crippen molar-refractivity contribution in [2.45, 2.75) is 12.5 Å². The van der Waals surface area contributed by atoms with Crippen molar-refractivity contribution in [3.63, 3.8) is 0 Å². The van der Waals surface area contributed by atoms with Crippen LogP contribution in [0.5, 0.6) is 0 Å². The van der Waals surface area contributed by atoms with Gasteiger partial charge in [-0.3, -0.25) is 0 Å². The number of hydrogen-bond donors (Lipinski definition) is 3. The van der Waals surface area contributed by atoms with E-state index in [9.17, 15) is 9.50 Å². The van der Waals surface area contributed by atoms with Crippen molar-refractivity contribution in [1.82, 2.24) is 9.97 Å². The second-order valence-corrected chi connectivity index (χ2v) is 5.36. The average molecular weight is 296 g/mol. The molecule has 20 heavy (non-hydrogen) atoms. The number of nitrogen functional groups attached to an aromatic ring is 1. The maximum absolute atomic E-state index is 14.0. The summed E-state index contributed by atoms with van der Waals surface area (Å²) < 4.78 is 14.0. The van der Waals surface area contributed by atoms with Gasteiger partial charge in [-0.2, -0.15) is 16.7 Å². The van der Waals surface area contributed by atoms with E-state index in [0.29, 0.717) is 16.7 Å². The SMILES string of the molecule is CSCC[C@H](CO)Nc1nc(N)nc2cccc(F)c12. The minimum Gasteiger partial charge on any atom is -0.394 e. The number of rotatable bonds is 6. The van der Waals surface area contributed by atoms with Crippen molar-refractivity contribution in [3.05, 3.63) is 24.0 Å². The summed E-state index contributed by atoms with van der Waals surface area (Å²) in [4.78, 5) is 8.07. The van der Waals surface area contributed by atoms with E-state index in [1.165, 1.54) is 6.07 Å². The zero-order valence-electron chi connectivity index (χ0n) is 11.1. The van der Waals surface area contributed by atoms with E-state index in [2.05, 4.69) is 15.3 Å². The van der Waals surface area contributed by atoms with E-state index < -0.39 is 5.82 Å². The number of nitrogens with one attached hydrogen (secondary N) is 1. The first kappa shape index (κ1) is 14.8. The van der Waals surface area contributed by atoms with E-state index in [4.69, 9.17) is 5.73 Å². The Balaban J connectivity index is 2.37. The van der Waals surface area contributed by atoms with Gasteiger partial charge in [0.15, 0.2) is 0 Å². The van der Waals surface area contributed by atoms with Gasteiger partial charge in [0.1, 0.15) is 11.6 Å². The summed E-state index contributed by atoms with van der Waals surface area (Å²) in [6.07, 6.45) is 2.74. The zero-order valence-corrected chi connectivity index (χ0v) is 12.0. The first-order valence-electron chi connectivity index (χ1n) is 6.23. The zero-order chi connectivity index (χ0) is 14.5. The maximum atomic E-state index is 14.0. The van der Waals surface area contributed by atoms with E-state index >= 15 is 0 Å².